The van der Waals surface area contributed by atoms with E-state index >= 15 is 0 Å². The Kier molecular flexibility index (Phi) is 37.5. The number of phosphoric ester groups is 1. The van der Waals surface area contributed by atoms with Crippen molar-refractivity contribution >= 4 is 19.8 Å². The van der Waals surface area contributed by atoms with E-state index in [-0.39, 0.29) is 32.6 Å². The lowest BCUT2D eigenvalue weighted by Crippen LogP contribution is -2.29. The molecule has 0 saturated heterocycles. The molecule has 0 aromatic heterocycles. The molecular weight excluding hydrogens is 713 g/mol. The normalized spacial score (nSPS) is 14.6. The molecule has 0 heterocycles. The molecule has 0 amide bonds. The molecule has 10 heteroatoms. The summed E-state index contributed by atoms with van der Waals surface area (Å²) in [6.45, 7) is 3.32. The number of carbonyl (C=O) groups is 2. The number of hydrogen-bond donors (Lipinski definition) is 2. The lowest BCUT2D eigenvalue weighted by atomic mass is 10.2. The van der Waals surface area contributed by atoms with E-state index in [0.29, 0.717) is 12.8 Å². The second kappa shape index (κ2) is 40.1. The second-order valence-corrected chi connectivity index (χ2v) is 13.8. The molecule has 308 valence electrons. The summed E-state index contributed by atoms with van der Waals surface area (Å²) >= 11 is 0. The Bertz CT molecular complexity index is 1310. The molecule has 3 N–H and O–H groups in total. The van der Waals surface area contributed by atoms with Crippen molar-refractivity contribution in [2.45, 2.75) is 123 Å². The third kappa shape index (κ3) is 39.9. The first-order valence-electron chi connectivity index (χ1n) is 20.0. The van der Waals surface area contributed by atoms with Gasteiger partial charge in [-0.25, -0.2) is 4.57 Å². The van der Waals surface area contributed by atoms with Crippen molar-refractivity contribution in [3.63, 3.8) is 0 Å². The molecule has 2 unspecified atom stereocenters. The number of esters is 2. The van der Waals surface area contributed by atoms with Crippen molar-refractivity contribution in [1.82, 2.24) is 0 Å². The van der Waals surface area contributed by atoms with Crippen LogP contribution in [-0.2, 0) is 32.7 Å². The number of phosphoric acid groups is 1. The van der Waals surface area contributed by atoms with Crippen LogP contribution >= 0.6 is 7.82 Å². The molecule has 0 fully saturated rings. The molecule has 0 bridgehead atoms. The molecular formula is C45H70NO8P. The molecule has 9 nitrogen and oxygen atoms in total. The van der Waals surface area contributed by atoms with Crippen LogP contribution in [0.25, 0.3) is 0 Å². The lowest BCUT2D eigenvalue weighted by molar-refractivity contribution is -0.161. The van der Waals surface area contributed by atoms with Crippen LogP contribution in [0.5, 0.6) is 0 Å². The summed E-state index contributed by atoms with van der Waals surface area (Å²) in [5.41, 5.74) is 5.33. The zero-order valence-corrected chi connectivity index (χ0v) is 34.5. The summed E-state index contributed by atoms with van der Waals surface area (Å²) in [5, 5.41) is 0. The number of carbonyl (C=O) groups excluding carboxylic acids is 2. The molecule has 0 radical (unpaired) electrons. The van der Waals surface area contributed by atoms with Crippen LogP contribution in [0, 0.1) is 0 Å². The molecule has 0 aliphatic rings. The highest BCUT2D eigenvalue weighted by atomic mass is 31.2. The Morgan fingerprint density at radius 3 is 1.40 bits per heavy atom. The van der Waals surface area contributed by atoms with Gasteiger partial charge in [0.05, 0.1) is 13.2 Å². The van der Waals surface area contributed by atoms with Gasteiger partial charge >= 0.3 is 19.8 Å². The number of hydrogen-bond acceptors (Lipinski definition) is 8. The first-order chi connectivity index (χ1) is 26.8. The zero-order valence-electron chi connectivity index (χ0n) is 33.6. The van der Waals surface area contributed by atoms with Crippen molar-refractivity contribution in [2.24, 2.45) is 5.73 Å². The molecule has 0 spiro atoms. The van der Waals surface area contributed by atoms with E-state index in [1.54, 1.807) is 0 Å². The third-order valence-electron chi connectivity index (χ3n) is 7.36. The van der Waals surface area contributed by atoms with Crippen molar-refractivity contribution in [2.75, 3.05) is 26.4 Å². The molecule has 0 rings (SSSR count). The summed E-state index contributed by atoms with van der Waals surface area (Å²) in [5.74, 6) is -0.991. The fourth-order valence-electron chi connectivity index (χ4n) is 4.47. The standard InChI is InChI=1S/C45H70NO8P/c1-3-5-7-9-11-13-15-17-18-19-20-21-22-23-24-26-28-30-32-34-36-38-45(48)54-43(42-53-55(49,50)52-40-39-46)41-51-44(47)37-35-33-31-29-27-25-16-14-12-10-8-6-4-2/h5-8,11-14,17-18,20-21,23-25,27-28,30-31,33,43H,3-4,9-10,15-16,19,22,26,29,32,34-42,46H2,1-2H3,(H,49,50)/b7-5-,8-6-,13-11-,14-12-,18-17-,21-20-,24-23-,27-25-,30-28-,33-31-. The Labute approximate surface area is 332 Å². The quantitative estimate of drug-likeness (QED) is 0.0279. The van der Waals surface area contributed by atoms with Crippen LogP contribution in [-0.4, -0.2) is 49.3 Å². The molecule has 0 aliphatic heterocycles. The SMILES string of the molecule is CC/C=C\C/C=C\C/C=C\C/C=C\C/C=C\C/C=C\CCCCC(=O)OC(COC(=O)CC/C=C\C/C=C\C/C=C\C/C=C\CC)COP(=O)(O)OCCN. The van der Waals surface area contributed by atoms with Gasteiger partial charge in [0.15, 0.2) is 6.10 Å². The smallest absolute Gasteiger partial charge is 0.462 e. The van der Waals surface area contributed by atoms with E-state index in [0.717, 1.165) is 77.0 Å². The molecule has 55 heavy (non-hydrogen) atoms. The van der Waals surface area contributed by atoms with Crippen molar-refractivity contribution in [3.05, 3.63) is 122 Å². The maximum Gasteiger partial charge on any atom is 0.472 e. The first-order valence-corrected chi connectivity index (χ1v) is 21.5. The van der Waals surface area contributed by atoms with Crippen LogP contribution in [0.4, 0.5) is 0 Å². The second-order valence-electron chi connectivity index (χ2n) is 12.4. The van der Waals surface area contributed by atoms with Gasteiger partial charge in [0.25, 0.3) is 0 Å². The maximum atomic E-state index is 12.5. The molecule has 0 aromatic rings. The summed E-state index contributed by atoms with van der Waals surface area (Å²) in [6, 6.07) is 0. The largest absolute Gasteiger partial charge is 0.472 e. The Hall–Kier alpha value is -3.59. The van der Waals surface area contributed by atoms with E-state index in [4.69, 9.17) is 24.3 Å². The van der Waals surface area contributed by atoms with Crippen molar-refractivity contribution in [1.29, 1.82) is 0 Å². The Balaban J connectivity index is 4.40. The average molecular weight is 784 g/mol. The van der Waals surface area contributed by atoms with Crippen molar-refractivity contribution in [3.8, 4) is 0 Å². The maximum absolute atomic E-state index is 12.5. The number of unbranched alkanes of at least 4 members (excludes halogenated alkanes) is 2. The van der Waals surface area contributed by atoms with Crippen LogP contribution in [0.1, 0.15) is 117 Å². The van der Waals surface area contributed by atoms with Crippen molar-refractivity contribution < 1.29 is 37.6 Å². The van der Waals surface area contributed by atoms with Gasteiger partial charge in [0.1, 0.15) is 6.61 Å². The van der Waals surface area contributed by atoms with Gasteiger partial charge in [-0.15, -0.1) is 0 Å². The molecule has 2 atom stereocenters. The summed E-state index contributed by atoms with van der Waals surface area (Å²) < 4.78 is 32.6. The molecule has 0 aliphatic carbocycles. The minimum absolute atomic E-state index is 0.0295. The van der Waals surface area contributed by atoms with E-state index in [1.807, 2.05) is 12.2 Å². The predicted molar refractivity (Wildman–Crippen MR) is 228 cm³/mol. The number of allylic oxidation sites excluding steroid dienone is 20. The number of ether oxygens (including phenoxy) is 2. The monoisotopic (exact) mass is 783 g/mol. The van der Waals surface area contributed by atoms with E-state index in [1.165, 1.54) is 0 Å². The molecule has 0 aromatic carbocycles. The minimum Gasteiger partial charge on any atom is -0.462 e. The van der Waals surface area contributed by atoms with Gasteiger partial charge in [-0.1, -0.05) is 135 Å². The lowest BCUT2D eigenvalue weighted by Gasteiger charge is -2.19. The highest BCUT2D eigenvalue weighted by molar-refractivity contribution is 7.47. The van der Waals surface area contributed by atoms with Crippen LogP contribution < -0.4 is 5.73 Å². The van der Waals surface area contributed by atoms with E-state index in [9.17, 15) is 19.0 Å². The fraction of sp³-hybridized carbons (Fsp3) is 0.511. The highest BCUT2D eigenvalue weighted by Gasteiger charge is 2.25. The number of nitrogens with two attached hydrogens (primary N) is 1. The summed E-state index contributed by atoms with van der Waals surface area (Å²) in [6.07, 6.45) is 54.0. The van der Waals surface area contributed by atoms with Gasteiger partial charge in [-0.05, 0) is 89.9 Å². The fourth-order valence-corrected chi connectivity index (χ4v) is 5.24. The number of rotatable bonds is 35. The summed E-state index contributed by atoms with van der Waals surface area (Å²) in [4.78, 5) is 34.7. The predicted octanol–water partition coefficient (Wildman–Crippen LogP) is 11.4. The summed E-state index contributed by atoms with van der Waals surface area (Å²) in [7, 11) is -4.41. The van der Waals surface area contributed by atoms with Crippen LogP contribution in [0.3, 0.4) is 0 Å². The van der Waals surface area contributed by atoms with Gasteiger partial charge in [-0.3, -0.25) is 18.6 Å². The van der Waals surface area contributed by atoms with Gasteiger partial charge in [-0.2, -0.15) is 0 Å². The topological polar surface area (TPSA) is 134 Å². The van der Waals surface area contributed by atoms with Crippen LogP contribution in [0.15, 0.2) is 122 Å². The van der Waals surface area contributed by atoms with E-state index < -0.39 is 32.5 Å². The minimum atomic E-state index is -4.41. The highest BCUT2D eigenvalue weighted by Crippen LogP contribution is 2.43. The third-order valence-corrected chi connectivity index (χ3v) is 8.34. The Morgan fingerprint density at radius 2 is 0.964 bits per heavy atom. The van der Waals surface area contributed by atoms with Gasteiger partial charge in [0, 0.05) is 19.4 Å². The first kappa shape index (κ1) is 51.4. The zero-order chi connectivity index (χ0) is 40.3. The molecule has 0 saturated carbocycles. The Morgan fingerprint density at radius 1 is 0.545 bits per heavy atom. The van der Waals surface area contributed by atoms with Gasteiger partial charge in [0.2, 0.25) is 0 Å². The van der Waals surface area contributed by atoms with Gasteiger partial charge < -0.3 is 20.1 Å². The van der Waals surface area contributed by atoms with Crippen LogP contribution in [0.2, 0.25) is 0 Å². The average Bonchev–Trinajstić information content (AvgIpc) is 3.17. The van der Waals surface area contributed by atoms with E-state index in [2.05, 4.69) is 123 Å².